The summed E-state index contributed by atoms with van der Waals surface area (Å²) < 4.78 is 0. The van der Waals surface area contributed by atoms with E-state index in [1.54, 1.807) is 0 Å². The van der Waals surface area contributed by atoms with Crippen molar-refractivity contribution in [2.45, 2.75) is 26.7 Å². The summed E-state index contributed by atoms with van der Waals surface area (Å²) in [4.78, 5) is 2.33. The predicted molar refractivity (Wildman–Crippen MR) is 70.2 cm³/mol. The predicted octanol–water partition coefficient (Wildman–Crippen LogP) is 2.54. The highest BCUT2D eigenvalue weighted by Crippen LogP contribution is 2.19. The fourth-order valence-corrected chi connectivity index (χ4v) is 1.83. The monoisotopic (exact) mass is 219 g/mol. The third-order valence-electron chi connectivity index (χ3n) is 2.71. The molecule has 0 heterocycles. The lowest BCUT2D eigenvalue weighted by atomic mass is 10.1. The van der Waals surface area contributed by atoms with E-state index in [-0.39, 0.29) is 5.84 Å². The largest absolute Gasteiger partial charge is 0.388 e. The van der Waals surface area contributed by atoms with Crippen molar-refractivity contribution in [3.63, 3.8) is 0 Å². The molecule has 0 aliphatic heterocycles. The van der Waals surface area contributed by atoms with E-state index in [4.69, 9.17) is 11.1 Å². The van der Waals surface area contributed by atoms with Gasteiger partial charge in [0.05, 0.1) is 5.84 Å². The Morgan fingerprint density at radius 1 is 1.38 bits per heavy atom. The van der Waals surface area contributed by atoms with Gasteiger partial charge in [-0.2, -0.15) is 0 Å². The molecule has 0 aliphatic rings. The zero-order valence-corrected chi connectivity index (χ0v) is 10.2. The van der Waals surface area contributed by atoms with Crippen molar-refractivity contribution in [3.8, 4) is 0 Å². The first-order valence-electron chi connectivity index (χ1n) is 5.78. The summed E-state index contributed by atoms with van der Waals surface area (Å²) in [5.74, 6) is 0.279. The van der Waals surface area contributed by atoms with Gasteiger partial charge < -0.3 is 10.6 Å². The summed E-state index contributed by atoms with van der Waals surface area (Å²) in [6.45, 7) is 6.23. The van der Waals surface area contributed by atoms with Crippen LogP contribution in [0.2, 0.25) is 0 Å². The van der Waals surface area contributed by atoms with Crippen LogP contribution in [0.3, 0.4) is 0 Å². The summed E-state index contributed by atoms with van der Waals surface area (Å²) in [5, 5.41) is 7.20. The molecule has 16 heavy (non-hydrogen) atoms. The van der Waals surface area contributed by atoms with Gasteiger partial charge in [0.25, 0.3) is 0 Å². The van der Waals surface area contributed by atoms with Gasteiger partial charge in [-0.1, -0.05) is 18.2 Å². The maximum Gasteiger partial charge on any atom is 0.0905 e. The van der Waals surface area contributed by atoms with Crippen LogP contribution < -0.4 is 10.6 Å². The summed E-state index contributed by atoms with van der Waals surface area (Å²) in [7, 11) is 0. The average molecular weight is 219 g/mol. The van der Waals surface area contributed by atoms with Gasteiger partial charge in [-0.05, 0) is 31.9 Å². The van der Waals surface area contributed by atoms with Gasteiger partial charge in [-0.15, -0.1) is 0 Å². The first-order valence-corrected chi connectivity index (χ1v) is 5.78. The number of rotatable bonds is 6. The number of hydrogen-bond acceptors (Lipinski definition) is 2. The molecular weight excluding hydrogens is 198 g/mol. The molecule has 0 radical (unpaired) electrons. The second-order valence-corrected chi connectivity index (χ2v) is 3.99. The van der Waals surface area contributed by atoms with Crippen LogP contribution in [0.1, 0.15) is 25.3 Å². The number of nitrogens with zero attached hydrogens (tertiary/aromatic N) is 1. The van der Waals surface area contributed by atoms with E-state index in [0.29, 0.717) is 6.42 Å². The highest BCUT2D eigenvalue weighted by molar-refractivity contribution is 5.76. The Morgan fingerprint density at radius 2 is 2.06 bits per heavy atom. The molecule has 1 aromatic rings. The standard InChI is InChI=1S/C13H21N3/c1-3-16(10-6-9-13(14)15)12-8-5-4-7-11(12)2/h4-5,7-8H,3,6,9-10H2,1-2H3,(H3,14,15). The average Bonchev–Trinajstić information content (AvgIpc) is 2.25. The number of nitrogens with two attached hydrogens (primary N) is 1. The van der Waals surface area contributed by atoms with Gasteiger partial charge >= 0.3 is 0 Å². The van der Waals surface area contributed by atoms with E-state index >= 15 is 0 Å². The lowest BCUT2D eigenvalue weighted by Crippen LogP contribution is -2.25. The van der Waals surface area contributed by atoms with Gasteiger partial charge in [0.2, 0.25) is 0 Å². The number of anilines is 1. The SMILES string of the molecule is CCN(CCCC(=N)N)c1ccccc1C. The zero-order valence-electron chi connectivity index (χ0n) is 10.2. The van der Waals surface area contributed by atoms with Crippen LogP contribution in [0.4, 0.5) is 5.69 Å². The van der Waals surface area contributed by atoms with E-state index in [9.17, 15) is 0 Å². The van der Waals surface area contributed by atoms with Crippen molar-refractivity contribution in [2.24, 2.45) is 5.73 Å². The molecule has 0 aliphatic carbocycles. The molecule has 1 aromatic carbocycles. The third kappa shape index (κ3) is 3.57. The number of aryl methyl sites for hydroxylation is 1. The van der Waals surface area contributed by atoms with Crippen LogP contribution in [0, 0.1) is 12.3 Å². The maximum absolute atomic E-state index is 7.20. The molecule has 0 bridgehead atoms. The first kappa shape index (κ1) is 12.6. The highest BCUT2D eigenvalue weighted by Gasteiger charge is 2.06. The Hall–Kier alpha value is -1.51. The van der Waals surface area contributed by atoms with Gasteiger partial charge in [0.15, 0.2) is 0 Å². The van der Waals surface area contributed by atoms with Crippen molar-refractivity contribution in [1.29, 1.82) is 5.41 Å². The number of nitrogens with one attached hydrogen (secondary N) is 1. The minimum atomic E-state index is 0.279. The minimum absolute atomic E-state index is 0.279. The number of amidine groups is 1. The van der Waals surface area contributed by atoms with Crippen LogP contribution in [0.25, 0.3) is 0 Å². The lowest BCUT2D eigenvalue weighted by molar-refractivity contribution is 0.762. The Balaban J connectivity index is 2.60. The molecule has 88 valence electrons. The fourth-order valence-electron chi connectivity index (χ4n) is 1.83. The molecule has 0 spiro atoms. The van der Waals surface area contributed by atoms with Gasteiger partial charge in [-0.25, -0.2) is 0 Å². The minimum Gasteiger partial charge on any atom is -0.388 e. The number of para-hydroxylation sites is 1. The molecule has 0 saturated heterocycles. The van der Waals surface area contributed by atoms with Crippen molar-refractivity contribution >= 4 is 11.5 Å². The molecule has 3 N–H and O–H groups in total. The van der Waals surface area contributed by atoms with E-state index < -0.39 is 0 Å². The second kappa shape index (κ2) is 6.16. The molecular formula is C13H21N3. The number of hydrogen-bond donors (Lipinski definition) is 2. The van der Waals surface area contributed by atoms with Crippen LogP contribution in [-0.2, 0) is 0 Å². The molecule has 0 atom stereocenters. The van der Waals surface area contributed by atoms with Crippen LogP contribution >= 0.6 is 0 Å². The molecule has 0 unspecified atom stereocenters. The second-order valence-electron chi connectivity index (χ2n) is 3.99. The third-order valence-corrected chi connectivity index (χ3v) is 2.71. The van der Waals surface area contributed by atoms with Crippen molar-refractivity contribution in [3.05, 3.63) is 29.8 Å². The van der Waals surface area contributed by atoms with Crippen molar-refractivity contribution in [1.82, 2.24) is 0 Å². The van der Waals surface area contributed by atoms with Crippen LogP contribution in [-0.4, -0.2) is 18.9 Å². The van der Waals surface area contributed by atoms with E-state index in [1.165, 1.54) is 11.3 Å². The summed E-state index contributed by atoms with van der Waals surface area (Å²) in [6, 6.07) is 8.40. The van der Waals surface area contributed by atoms with Crippen LogP contribution in [0.15, 0.2) is 24.3 Å². The summed E-state index contributed by atoms with van der Waals surface area (Å²) >= 11 is 0. The maximum atomic E-state index is 7.20. The van der Waals surface area contributed by atoms with Gasteiger partial charge in [-0.3, -0.25) is 5.41 Å². The van der Waals surface area contributed by atoms with Gasteiger partial charge in [0.1, 0.15) is 0 Å². The quantitative estimate of drug-likeness (QED) is 0.570. The van der Waals surface area contributed by atoms with Crippen LogP contribution in [0.5, 0.6) is 0 Å². The Labute approximate surface area is 97.8 Å². The molecule has 3 nitrogen and oxygen atoms in total. The fraction of sp³-hybridized carbons (Fsp3) is 0.462. The van der Waals surface area contributed by atoms with E-state index in [2.05, 4.69) is 43.0 Å². The molecule has 3 heteroatoms. The Kier molecular flexibility index (Phi) is 4.83. The lowest BCUT2D eigenvalue weighted by Gasteiger charge is -2.24. The molecule has 0 aromatic heterocycles. The van der Waals surface area contributed by atoms with Crippen molar-refractivity contribution < 1.29 is 0 Å². The van der Waals surface area contributed by atoms with Gasteiger partial charge in [0, 0.05) is 25.2 Å². The topological polar surface area (TPSA) is 53.1 Å². The smallest absolute Gasteiger partial charge is 0.0905 e. The Morgan fingerprint density at radius 3 is 2.62 bits per heavy atom. The first-order chi connectivity index (χ1) is 7.65. The molecule has 1 rings (SSSR count). The number of benzene rings is 1. The molecule has 0 fully saturated rings. The van der Waals surface area contributed by atoms with E-state index in [0.717, 1.165) is 19.5 Å². The zero-order chi connectivity index (χ0) is 12.0. The Bertz CT molecular complexity index is 347. The van der Waals surface area contributed by atoms with E-state index in [1.807, 2.05) is 0 Å². The normalized spacial score (nSPS) is 10.1. The summed E-state index contributed by atoms with van der Waals surface area (Å²) in [5.41, 5.74) is 7.94. The molecule has 0 amide bonds. The highest BCUT2D eigenvalue weighted by atomic mass is 15.1. The van der Waals surface area contributed by atoms with Crippen molar-refractivity contribution in [2.75, 3.05) is 18.0 Å². The summed E-state index contributed by atoms with van der Waals surface area (Å²) in [6.07, 6.45) is 1.62. The molecule has 0 saturated carbocycles.